The molecule has 6 heteroatoms. The first kappa shape index (κ1) is 18.1. The van der Waals surface area contributed by atoms with Gasteiger partial charge >= 0.3 is 12.2 Å². The fourth-order valence-electron chi connectivity index (χ4n) is 3.01. The lowest BCUT2D eigenvalue weighted by molar-refractivity contribution is 0.0311. The summed E-state index contributed by atoms with van der Waals surface area (Å²) in [6.45, 7) is 3.80. The lowest BCUT2D eigenvalue weighted by Crippen LogP contribution is -2.40. The molecular formula is C18H26N2O4. The molecule has 0 saturated heterocycles. The molecule has 1 aromatic carbocycles. The van der Waals surface area contributed by atoms with Crippen LogP contribution in [0.3, 0.4) is 0 Å². The molecule has 1 aliphatic rings. The lowest BCUT2D eigenvalue weighted by Gasteiger charge is -2.26. The number of carbonyl (C=O) groups excluding carboxylic acids is 1. The van der Waals surface area contributed by atoms with Crippen molar-refractivity contribution in [1.29, 1.82) is 0 Å². The number of carboxylic acid groups (broad SMARTS) is 1. The highest BCUT2D eigenvalue weighted by atomic mass is 16.6. The van der Waals surface area contributed by atoms with Crippen molar-refractivity contribution in [1.82, 2.24) is 10.6 Å². The molecule has 1 fully saturated rings. The van der Waals surface area contributed by atoms with Crippen LogP contribution < -0.4 is 10.6 Å². The van der Waals surface area contributed by atoms with Crippen molar-refractivity contribution in [3.05, 3.63) is 35.9 Å². The Labute approximate surface area is 142 Å². The normalized spacial score (nSPS) is 20.4. The van der Waals surface area contributed by atoms with Gasteiger partial charge in [-0.3, -0.25) is 0 Å². The number of rotatable bonds is 6. The monoisotopic (exact) mass is 334 g/mol. The molecule has 0 bridgehead atoms. The standard InChI is InChI=1S/C18H26N2O4/c1-18(2,11-10-13-6-4-3-5-7-13)24-17(23)20-15-9-8-14(12-15)19-16(21)22/h3-7,14-15,19H,8-12H2,1-2H3,(H,20,23)(H,21,22)/t14-,15+/m1/s1. The Morgan fingerprint density at radius 3 is 2.42 bits per heavy atom. The maximum Gasteiger partial charge on any atom is 0.407 e. The number of nitrogens with one attached hydrogen (secondary N) is 2. The number of ether oxygens (including phenoxy) is 1. The highest BCUT2D eigenvalue weighted by molar-refractivity contribution is 5.68. The van der Waals surface area contributed by atoms with Gasteiger partial charge in [0.1, 0.15) is 5.60 Å². The molecule has 2 atom stereocenters. The van der Waals surface area contributed by atoms with Crippen molar-refractivity contribution in [2.45, 2.75) is 63.6 Å². The molecule has 1 saturated carbocycles. The zero-order chi connectivity index (χ0) is 17.6. The van der Waals surface area contributed by atoms with Crippen LogP contribution in [0, 0.1) is 0 Å². The van der Waals surface area contributed by atoms with Crippen molar-refractivity contribution in [2.24, 2.45) is 0 Å². The fourth-order valence-corrected chi connectivity index (χ4v) is 3.01. The van der Waals surface area contributed by atoms with Crippen molar-refractivity contribution < 1.29 is 19.4 Å². The molecule has 1 aromatic rings. The van der Waals surface area contributed by atoms with Crippen molar-refractivity contribution >= 4 is 12.2 Å². The van der Waals surface area contributed by atoms with Crippen LogP contribution in [-0.2, 0) is 11.2 Å². The van der Waals surface area contributed by atoms with Gasteiger partial charge in [-0.15, -0.1) is 0 Å². The van der Waals surface area contributed by atoms with Crippen molar-refractivity contribution in [2.75, 3.05) is 0 Å². The molecule has 2 rings (SSSR count). The van der Waals surface area contributed by atoms with E-state index >= 15 is 0 Å². The lowest BCUT2D eigenvalue weighted by atomic mass is 9.99. The topological polar surface area (TPSA) is 87.7 Å². The van der Waals surface area contributed by atoms with Gasteiger partial charge in [-0.25, -0.2) is 9.59 Å². The van der Waals surface area contributed by atoms with Crippen molar-refractivity contribution in [3.8, 4) is 0 Å². The average molecular weight is 334 g/mol. The first-order valence-corrected chi connectivity index (χ1v) is 8.37. The summed E-state index contributed by atoms with van der Waals surface area (Å²) >= 11 is 0. The van der Waals surface area contributed by atoms with Gasteiger partial charge in [0.25, 0.3) is 0 Å². The van der Waals surface area contributed by atoms with Gasteiger partial charge in [-0.1, -0.05) is 30.3 Å². The second kappa shape index (κ2) is 8.04. The molecule has 1 aliphatic carbocycles. The first-order valence-electron chi connectivity index (χ1n) is 8.37. The molecule has 24 heavy (non-hydrogen) atoms. The van der Waals surface area contributed by atoms with E-state index in [1.807, 2.05) is 32.0 Å². The number of benzene rings is 1. The third kappa shape index (κ3) is 6.10. The summed E-state index contributed by atoms with van der Waals surface area (Å²) in [4.78, 5) is 22.7. The van der Waals surface area contributed by atoms with Crippen LogP contribution in [0.5, 0.6) is 0 Å². The molecule has 2 amide bonds. The van der Waals surface area contributed by atoms with E-state index in [-0.39, 0.29) is 12.1 Å². The van der Waals surface area contributed by atoms with E-state index in [1.165, 1.54) is 5.56 Å². The van der Waals surface area contributed by atoms with Crippen LogP contribution in [0.15, 0.2) is 30.3 Å². The molecular weight excluding hydrogens is 308 g/mol. The SMILES string of the molecule is CC(C)(CCc1ccccc1)OC(=O)N[C@H]1CC[C@@H](NC(=O)O)C1. The predicted molar refractivity (Wildman–Crippen MR) is 91.0 cm³/mol. The number of aryl methyl sites for hydroxylation is 1. The minimum atomic E-state index is -1.02. The van der Waals surface area contributed by atoms with Crippen LogP contribution >= 0.6 is 0 Å². The number of alkyl carbamates (subject to hydrolysis) is 1. The van der Waals surface area contributed by atoms with Crippen LogP contribution in [0.4, 0.5) is 9.59 Å². The van der Waals surface area contributed by atoms with E-state index < -0.39 is 17.8 Å². The van der Waals surface area contributed by atoms with Gasteiger partial charge in [-0.05, 0) is 51.5 Å². The maximum atomic E-state index is 12.1. The number of amides is 2. The van der Waals surface area contributed by atoms with Gasteiger partial charge in [-0.2, -0.15) is 0 Å². The average Bonchev–Trinajstić information content (AvgIpc) is 2.92. The largest absolute Gasteiger partial charge is 0.465 e. The van der Waals surface area contributed by atoms with Crippen LogP contribution in [0.1, 0.15) is 45.1 Å². The Hall–Kier alpha value is -2.24. The summed E-state index contributed by atoms with van der Waals surface area (Å²) in [6.07, 6.45) is 2.21. The van der Waals surface area contributed by atoms with Crippen LogP contribution in [0.25, 0.3) is 0 Å². The Balaban J connectivity index is 1.73. The third-order valence-corrected chi connectivity index (χ3v) is 4.31. The minimum absolute atomic E-state index is 0.0423. The zero-order valence-electron chi connectivity index (χ0n) is 14.2. The van der Waals surface area contributed by atoms with E-state index in [1.54, 1.807) is 0 Å². The van der Waals surface area contributed by atoms with Gasteiger partial charge in [0.2, 0.25) is 0 Å². The Bertz CT molecular complexity index is 559. The fraction of sp³-hybridized carbons (Fsp3) is 0.556. The summed E-state index contributed by atoms with van der Waals surface area (Å²) in [6, 6.07) is 9.95. The Morgan fingerprint density at radius 2 is 1.79 bits per heavy atom. The van der Waals surface area contributed by atoms with Gasteiger partial charge in [0.15, 0.2) is 0 Å². The quantitative estimate of drug-likeness (QED) is 0.745. The molecule has 0 heterocycles. The molecule has 132 valence electrons. The predicted octanol–water partition coefficient (Wildman–Crippen LogP) is 3.31. The van der Waals surface area contributed by atoms with Crippen LogP contribution in [-0.4, -0.2) is 35.0 Å². The molecule has 0 unspecified atom stereocenters. The number of hydrogen-bond donors (Lipinski definition) is 3. The number of hydrogen-bond acceptors (Lipinski definition) is 3. The highest BCUT2D eigenvalue weighted by Gasteiger charge is 2.29. The number of carbonyl (C=O) groups is 2. The molecule has 0 radical (unpaired) electrons. The zero-order valence-corrected chi connectivity index (χ0v) is 14.2. The molecule has 6 nitrogen and oxygen atoms in total. The van der Waals surface area contributed by atoms with E-state index in [0.29, 0.717) is 6.42 Å². The minimum Gasteiger partial charge on any atom is -0.465 e. The molecule has 0 aromatic heterocycles. The van der Waals surface area contributed by atoms with E-state index in [0.717, 1.165) is 25.7 Å². The summed E-state index contributed by atoms with van der Waals surface area (Å²) in [5.41, 5.74) is 0.657. The van der Waals surface area contributed by atoms with E-state index in [9.17, 15) is 9.59 Å². The van der Waals surface area contributed by atoms with Crippen molar-refractivity contribution in [3.63, 3.8) is 0 Å². The molecule has 3 N–H and O–H groups in total. The summed E-state index contributed by atoms with van der Waals surface area (Å²) in [5.74, 6) is 0. The van der Waals surface area contributed by atoms with Gasteiger partial charge in [0, 0.05) is 12.1 Å². The van der Waals surface area contributed by atoms with E-state index in [2.05, 4.69) is 22.8 Å². The summed E-state index contributed by atoms with van der Waals surface area (Å²) in [5, 5.41) is 14.0. The van der Waals surface area contributed by atoms with Gasteiger partial charge in [0.05, 0.1) is 0 Å². The first-order chi connectivity index (χ1) is 11.3. The summed E-state index contributed by atoms with van der Waals surface area (Å²) < 4.78 is 5.55. The molecule has 0 spiro atoms. The second-order valence-corrected chi connectivity index (χ2v) is 6.94. The Kier molecular flexibility index (Phi) is 6.06. The maximum absolute atomic E-state index is 12.1. The third-order valence-electron chi connectivity index (χ3n) is 4.31. The van der Waals surface area contributed by atoms with E-state index in [4.69, 9.17) is 9.84 Å². The second-order valence-electron chi connectivity index (χ2n) is 6.94. The summed E-state index contributed by atoms with van der Waals surface area (Å²) in [7, 11) is 0. The highest BCUT2D eigenvalue weighted by Crippen LogP contribution is 2.21. The Morgan fingerprint density at radius 1 is 1.17 bits per heavy atom. The van der Waals surface area contributed by atoms with Crippen LogP contribution in [0.2, 0.25) is 0 Å². The smallest absolute Gasteiger partial charge is 0.407 e. The molecule has 0 aliphatic heterocycles. The van der Waals surface area contributed by atoms with Gasteiger partial charge < -0.3 is 20.5 Å².